The Morgan fingerprint density at radius 2 is 0.933 bits per heavy atom. The van der Waals surface area contributed by atoms with Crippen LogP contribution in [0.3, 0.4) is 0 Å². The van der Waals surface area contributed by atoms with Gasteiger partial charge in [-0.1, -0.05) is 147 Å². The Labute approximate surface area is 269 Å². The molecule has 0 N–H and O–H groups in total. The van der Waals surface area contributed by atoms with Crippen molar-refractivity contribution in [2.75, 3.05) is 6.61 Å². The first-order valence-corrected chi connectivity index (χ1v) is 19.2. The average Bonchev–Trinajstić information content (AvgIpc) is 3.06. The van der Waals surface area contributed by atoms with Crippen LogP contribution in [0, 0.1) is 11.5 Å². The first kappa shape index (κ1) is 32.8. The molecule has 0 spiro atoms. The molecule has 5 atom stereocenters. The van der Waals surface area contributed by atoms with Gasteiger partial charge in [0.25, 0.3) is 0 Å². The van der Waals surface area contributed by atoms with Crippen molar-refractivity contribution in [1.29, 1.82) is 0 Å². The molecule has 1 aliphatic rings. The molecule has 0 bridgehead atoms. The third-order valence-electron chi connectivity index (χ3n) is 7.47. The van der Waals surface area contributed by atoms with E-state index in [4.69, 9.17) is 23.7 Å². The van der Waals surface area contributed by atoms with Gasteiger partial charge in [-0.15, -0.1) is 5.54 Å². The van der Waals surface area contributed by atoms with Crippen LogP contribution in [-0.2, 0) is 50.1 Å². The normalized spacial score (nSPS) is 21.5. The summed E-state index contributed by atoms with van der Waals surface area (Å²) in [6, 6.07) is 40.7. The van der Waals surface area contributed by atoms with Gasteiger partial charge in [-0.2, -0.15) is 0 Å². The molecule has 4 aromatic rings. The molecule has 4 aromatic carbocycles. The van der Waals surface area contributed by atoms with Gasteiger partial charge in [-0.05, 0) is 22.3 Å². The summed E-state index contributed by atoms with van der Waals surface area (Å²) in [6.45, 7) is 8.73. The van der Waals surface area contributed by atoms with Gasteiger partial charge in [-0.3, -0.25) is 0 Å². The minimum absolute atomic E-state index is 0.329. The molecule has 1 aliphatic heterocycles. The van der Waals surface area contributed by atoms with Crippen molar-refractivity contribution in [3.05, 3.63) is 144 Å². The van der Waals surface area contributed by atoms with Crippen LogP contribution in [0.25, 0.3) is 0 Å². The summed E-state index contributed by atoms with van der Waals surface area (Å²) < 4.78 is 33.3. The van der Waals surface area contributed by atoms with Crippen LogP contribution in [0.1, 0.15) is 22.3 Å². The highest BCUT2D eigenvalue weighted by molar-refractivity contribution is 6.83. The standard InChI is InChI=1S/C39H44O5Si/c1-45(2,3)25-24-35-37(41-27-32-18-10-5-11-19-32)39(43-29-34-22-14-7-15-23-34)38(42-28-33-20-12-6-13-21-33)36(44-35)30-40-26-31-16-8-4-9-17-31/h4-23,35-39H,26-30H2,1-3H3/t35?,36-,37+,38-,39-/m1/s1. The predicted molar refractivity (Wildman–Crippen MR) is 181 cm³/mol. The molecule has 0 aromatic heterocycles. The summed E-state index contributed by atoms with van der Waals surface area (Å²) in [5, 5.41) is 0. The van der Waals surface area contributed by atoms with E-state index in [1.807, 2.05) is 72.8 Å². The van der Waals surface area contributed by atoms with E-state index in [9.17, 15) is 0 Å². The number of hydrogen-bond acceptors (Lipinski definition) is 5. The Kier molecular flexibility index (Phi) is 12.2. The third-order valence-corrected chi connectivity index (χ3v) is 8.37. The second kappa shape index (κ2) is 16.7. The molecular formula is C39H44O5Si. The zero-order chi connectivity index (χ0) is 31.3. The number of hydrogen-bond donors (Lipinski definition) is 0. The Bertz CT molecular complexity index is 1470. The molecule has 1 fully saturated rings. The summed E-state index contributed by atoms with van der Waals surface area (Å²) in [6.07, 6.45) is -2.34. The minimum Gasteiger partial charge on any atom is -0.374 e. The van der Waals surface area contributed by atoms with E-state index in [0.29, 0.717) is 33.0 Å². The Hall–Kier alpha value is -3.54. The van der Waals surface area contributed by atoms with E-state index in [2.05, 4.69) is 79.6 Å². The molecule has 234 valence electrons. The van der Waals surface area contributed by atoms with Crippen LogP contribution in [0.2, 0.25) is 19.6 Å². The number of ether oxygens (including phenoxy) is 5. The van der Waals surface area contributed by atoms with Crippen LogP contribution < -0.4 is 0 Å². The van der Waals surface area contributed by atoms with Gasteiger partial charge in [-0.25, -0.2) is 0 Å². The second-order valence-corrected chi connectivity index (χ2v) is 17.1. The quantitative estimate of drug-likeness (QED) is 0.114. The lowest BCUT2D eigenvalue weighted by Crippen LogP contribution is -2.61. The number of rotatable bonds is 13. The first-order valence-electron chi connectivity index (χ1n) is 15.7. The van der Waals surface area contributed by atoms with Crippen molar-refractivity contribution >= 4 is 8.07 Å². The zero-order valence-electron chi connectivity index (χ0n) is 26.5. The maximum Gasteiger partial charge on any atom is 0.146 e. The summed E-state index contributed by atoms with van der Waals surface area (Å²) in [4.78, 5) is 0. The van der Waals surface area contributed by atoms with Gasteiger partial charge >= 0.3 is 0 Å². The lowest BCUT2D eigenvalue weighted by molar-refractivity contribution is -0.261. The van der Waals surface area contributed by atoms with E-state index in [1.54, 1.807) is 0 Å². The Morgan fingerprint density at radius 3 is 1.38 bits per heavy atom. The Morgan fingerprint density at radius 1 is 0.533 bits per heavy atom. The molecule has 1 heterocycles. The molecule has 0 radical (unpaired) electrons. The SMILES string of the molecule is C[Si](C)(C)C#CC1O[C@H](COCc2ccccc2)[C@@H](OCc2ccccc2)[C@H](OCc2ccccc2)[C@H]1OCc1ccccc1. The highest BCUT2D eigenvalue weighted by Gasteiger charge is 2.48. The fraction of sp³-hybridized carbons (Fsp3) is 0.333. The number of benzene rings is 4. The Balaban J connectivity index is 1.46. The minimum atomic E-state index is -1.72. The summed E-state index contributed by atoms with van der Waals surface area (Å²) >= 11 is 0. The molecule has 0 amide bonds. The highest BCUT2D eigenvalue weighted by Crippen LogP contribution is 2.31. The maximum absolute atomic E-state index is 6.80. The van der Waals surface area contributed by atoms with Gasteiger partial charge in [0.2, 0.25) is 0 Å². The summed E-state index contributed by atoms with van der Waals surface area (Å²) in [7, 11) is -1.72. The van der Waals surface area contributed by atoms with Crippen LogP contribution in [0.5, 0.6) is 0 Å². The van der Waals surface area contributed by atoms with Crippen molar-refractivity contribution in [1.82, 2.24) is 0 Å². The first-order chi connectivity index (χ1) is 21.9. The van der Waals surface area contributed by atoms with Crippen LogP contribution in [0.15, 0.2) is 121 Å². The van der Waals surface area contributed by atoms with Crippen molar-refractivity contribution in [3.63, 3.8) is 0 Å². The lowest BCUT2D eigenvalue weighted by Gasteiger charge is -2.45. The fourth-order valence-corrected chi connectivity index (χ4v) is 5.77. The second-order valence-electron chi connectivity index (χ2n) is 12.4. The molecule has 0 saturated carbocycles. The van der Waals surface area contributed by atoms with Crippen molar-refractivity contribution < 1.29 is 23.7 Å². The van der Waals surface area contributed by atoms with E-state index < -0.39 is 38.6 Å². The van der Waals surface area contributed by atoms with Gasteiger partial charge in [0.1, 0.15) is 38.6 Å². The molecule has 1 unspecified atom stereocenters. The van der Waals surface area contributed by atoms with Gasteiger partial charge < -0.3 is 23.7 Å². The maximum atomic E-state index is 6.80. The molecule has 6 heteroatoms. The average molecular weight is 621 g/mol. The zero-order valence-corrected chi connectivity index (χ0v) is 27.5. The monoisotopic (exact) mass is 620 g/mol. The summed E-state index contributed by atoms with van der Waals surface area (Å²) in [5.41, 5.74) is 7.87. The fourth-order valence-electron chi connectivity index (χ4n) is 5.19. The molecule has 45 heavy (non-hydrogen) atoms. The van der Waals surface area contributed by atoms with Crippen LogP contribution in [0.4, 0.5) is 0 Å². The molecular weight excluding hydrogens is 577 g/mol. The van der Waals surface area contributed by atoms with Crippen molar-refractivity contribution in [2.45, 2.75) is 76.6 Å². The lowest BCUT2D eigenvalue weighted by atomic mass is 9.94. The summed E-state index contributed by atoms with van der Waals surface area (Å²) in [5.74, 6) is 3.48. The predicted octanol–water partition coefficient (Wildman–Crippen LogP) is 7.61. The molecule has 0 aliphatic carbocycles. The van der Waals surface area contributed by atoms with E-state index in [-0.39, 0.29) is 0 Å². The van der Waals surface area contributed by atoms with Gasteiger partial charge in [0.05, 0.1) is 33.0 Å². The van der Waals surface area contributed by atoms with Gasteiger partial charge in [0.15, 0.2) is 0 Å². The van der Waals surface area contributed by atoms with Gasteiger partial charge in [0, 0.05) is 0 Å². The van der Waals surface area contributed by atoms with E-state index in [1.165, 1.54) is 0 Å². The largest absolute Gasteiger partial charge is 0.374 e. The van der Waals surface area contributed by atoms with Crippen molar-refractivity contribution in [3.8, 4) is 11.5 Å². The third kappa shape index (κ3) is 10.5. The van der Waals surface area contributed by atoms with Crippen LogP contribution in [-0.4, -0.2) is 45.2 Å². The molecule has 5 nitrogen and oxygen atoms in total. The van der Waals surface area contributed by atoms with Crippen LogP contribution >= 0.6 is 0 Å². The topological polar surface area (TPSA) is 46.2 Å². The smallest absolute Gasteiger partial charge is 0.146 e. The molecule has 1 saturated heterocycles. The highest BCUT2D eigenvalue weighted by atomic mass is 28.3. The van der Waals surface area contributed by atoms with Crippen molar-refractivity contribution in [2.24, 2.45) is 0 Å². The van der Waals surface area contributed by atoms with E-state index in [0.717, 1.165) is 22.3 Å². The van der Waals surface area contributed by atoms with E-state index >= 15 is 0 Å². The molecule has 5 rings (SSSR count).